The van der Waals surface area contributed by atoms with Crippen LogP contribution in [0.3, 0.4) is 0 Å². The van der Waals surface area contributed by atoms with Crippen LogP contribution in [0.1, 0.15) is 45.7 Å². The van der Waals surface area contributed by atoms with Gasteiger partial charge in [0, 0.05) is 6.54 Å². The van der Waals surface area contributed by atoms with Crippen molar-refractivity contribution in [1.29, 1.82) is 0 Å². The lowest BCUT2D eigenvalue weighted by molar-refractivity contribution is -0.127. The monoisotopic (exact) mass is 319 g/mol. The van der Waals surface area contributed by atoms with Gasteiger partial charge >= 0.3 is 0 Å². The summed E-state index contributed by atoms with van der Waals surface area (Å²) in [5, 5.41) is 5.34. The molecule has 0 aliphatic rings. The third-order valence-electron chi connectivity index (χ3n) is 3.75. The van der Waals surface area contributed by atoms with E-state index in [9.17, 15) is 9.59 Å². The Hall–Kier alpha value is -1.88. The summed E-state index contributed by atoms with van der Waals surface area (Å²) in [6.07, 6.45) is 0. The van der Waals surface area contributed by atoms with Crippen LogP contribution in [0, 0.1) is 5.92 Å². The molecule has 0 heterocycles. The van der Waals surface area contributed by atoms with Gasteiger partial charge in [-0.2, -0.15) is 0 Å². The van der Waals surface area contributed by atoms with Gasteiger partial charge in [-0.15, -0.1) is 0 Å². The van der Waals surface area contributed by atoms with Crippen molar-refractivity contribution < 1.29 is 9.59 Å². The van der Waals surface area contributed by atoms with Crippen LogP contribution in [-0.2, 0) is 21.5 Å². The van der Waals surface area contributed by atoms with Gasteiger partial charge in [0.1, 0.15) is 0 Å². The Labute approximate surface area is 139 Å². The Morgan fingerprint density at radius 3 is 2.13 bits per heavy atom. The lowest BCUT2D eigenvalue weighted by Gasteiger charge is -2.19. The van der Waals surface area contributed by atoms with Crippen molar-refractivity contribution >= 4 is 11.8 Å². The zero-order valence-electron chi connectivity index (χ0n) is 14.8. The maximum absolute atomic E-state index is 11.8. The molecule has 0 saturated carbocycles. The van der Waals surface area contributed by atoms with Crippen molar-refractivity contribution in [1.82, 2.24) is 10.6 Å². The normalized spacial score (nSPS) is 12.8. The number of nitrogens with one attached hydrogen (secondary N) is 2. The average molecular weight is 319 g/mol. The van der Waals surface area contributed by atoms with Gasteiger partial charge in [0.05, 0.1) is 12.6 Å². The molecule has 0 spiro atoms. The van der Waals surface area contributed by atoms with Gasteiger partial charge in [-0.25, -0.2) is 0 Å². The Kier molecular flexibility index (Phi) is 6.76. The second-order valence-corrected chi connectivity index (χ2v) is 7.21. The van der Waals surface area contributed by atoms with E-state index in [0.29, 0.717) is 6.54 Å². The fourth-order valence-electron chi connectivity index (χ4n) is 1.97. The van der Waals surface area contributed by atoms with Crippen LogP contribution < -0.4 is 16.4 Å². The van der Waals surface area contributed by atoms with Gasteiger partial charge in [0.25, 0.3) is 0 Å². The van der Waals surface area contributed by atoms with Crippen molar-refractivity contribution in [2.45, 2.75) is 52.6 Å². The van der Waals surface area contributed by atoms with E-state index in [1.807, 2.05) is 26.0 Å². The molecule has 0 bridgehead atoms. The maximum Gasteiger partial charge on any atom is 0.239 e. The number of carbonyl (C=O) groups is 2. The molecule has 5 nitrogen and oxygen atoms in total. The Morgan fingerprint density at radius 2 is 1.65 bits per heavy atom. The standard InChI is InChI=1S/C18H29N3O2/c1-12(2)16(19)17(23)21-11-15(22)20-10-13-6-8-14(9-7-13)18(3,4)5/h6-9,12,16H,10-11,19H2,1-5H3,(H,20,22)(H,21,23)/t16-/m0/s1. The quantitative estimate of drug-likeness (QED) is 0.746. The predicted octanol–water partition coefficient (Wildman–Crippen LogP) is 1.70. The third kappa shape index (κ3) is 6.40. The van der Waals surface area contributed by atoms with Crippen molar-refractivity contribution in [3.8, 4) is 0 Å². The number of rotatable bonds is 6. The summed E-state index contributed by atoms with van der Waals surface area (Å²) in [5.74, 6) is -0.488. The average Bonchev–Trinajstić information content (AvgIpc) is 2.49. The first-order valence-electron chi connectivity index (χ1n) is 8.00. The zero-order chi connectivity index (χ0) is 17.6. The molecule has 4 N–H and O–H groups in total. The fraction of sp³-hybridized carbons (Fsp3) is 0.556. The van der Waals surface area contributed by atoms with Crippen molar-refractivity contribution in [2.24, 2.45) is 11.7 Å². The molecule has 2 amide bonds. The topological polar surface area (TPSA) is 84.2 Å². The summed E-state index contributed by atoms with van der Waals surface area (Å²) in [6, 6.07) is 7.57. The maximum atomic E-state index is 11.8. The number of hydrogen-bond donors (Lipinski definition) is 3. The Morgan fingerprint density at radius 1 is 1.09 bits per heavy atom. The first-order chi connectivity index (χ1) is 10.6. The highest BCUT2D eigenvalue weighted by molar-refractivity contribution is 5.87. The summed E-state index contributed by atoms with van der Waals surface area (Å²) in [4.78, 5) is 23.5. The molecule has 5 heteroatoms. The molecule has 1 aromatic rings. The fourth-order valence-corrected chi connectivity index (χ4v) is 1.97. The van der Waals surface area contributed by atoms with Crippen molar-refractivity contribution in [3.05, 3.63) is 35.4 Å². The van der Waals surface area contributed by atoms with Crippen LogP contribution in [0.2, 0.25) is 0 Å². The number of hydrogen-bond acceptors (Lipinski definition) is 3. The number of amides is 2. The molecule has 0 saturated heterocycles. The zero-order valence-corrected chi connectivity index (χ0v) is 14.8. The minimum Gasteiger partial charge on any atom is -0.350 e. The summed E-state index contributed by atoms with van der Waals surface area (Å²) < 4.78 is 0. The molecular formula is C18H29N3O2. The van der Waals surface area contributed by atoms with Crippen LogP contribution in [0.5, 0.6) is 0 Å². The molecule has 1 aromatic carbocycles. The lowest BCUT2D eigenvalue weighted by Crippen LogP contribution is -2.47. The predicted molar refractivity (Wildman–Crippen MR) is 92.8 cm³/mol. The van der Waals surface area contributed by atoms with Gasteiger partial charge in [0.15, 0.2) is 0 Å². The van der Waals surface area contributed by atoms with Crippen LogP contribution >= 0.6 is 0 Å². The van der Waals surface area contributed by atoms with Gasteiger partial charge in [-0.1, -0.05) is 58.9 Å². The number of nitrogens with two attached hydrogens (primary N) is 1. The molecule has 0 aliphatic heterocycles. The van der Waals surface area contributed by atoms with Gasteiger partial charge in [0.2, 0.25) is 11.8 Å². The molecule has 0 aliphatic carbocycles. The second kappa shape index (κ2) is 8.11. The van der Waals surface area contributed by atoms with E-state index in [1.165, 1.54) is 5.56 Å². The summed E-state index contributed by atoms with van der Waals surface area (Å²) in [7, 11) is 0. The second-order valence-electron chi connectivity index (χ2n) is 7.21. The molecule has 1 atom stereocenters. The van der Waals surface area contributed by atoms with E-state index >= 15 is 0 Å². The lowest BCUT2D eigenvalue weighted by atomic mass is 9.87. The highest BCUT2D eigenvalue weighted by atomic mass is 16.2. The Bertz CT molecular complexity index is 530. The van der Waals surface area contributed by atoms with Crippen LogP contribution in [0.15, 0.2) is 24.3 Å². The molecule has 0 aromatic heterocycles. The van der Waals surface area contributed by atoms with E-state index in [1.54, 1.807) is 0 Å². The highest BCUT2D eigenvalue weighted by Crippen LogP contribution is 2.22. The molecule has 0 unspecified atom stereocenters. The molecule has 23 heavy (non-hydrogen) atoms. The SMILES string of the molecule is CC(C)[C@H](N)C(=O)NCC(=O)NCc1ccc(C(C)(C)C)cc1. The first kappa shape index (κ1) is 19.2. The molecule has 0 radical (unpaired) electrons. The van der Waals surface area contributed by atoms with Crippen molar-refractivity contribution in [2.75, 3.05) is 6.54 Å². The smallest absolute Gasteiger partial charge is 0.239 e. The molecule has 0 fully saturated rings. The van der Waals surface area contributed by atoms with Crippen LogP contribution in [0.25, 0.3) is 0 Å². The van der Waals surface area contributed by atoms with Gasteiger partial charge in [-0.05, 0) is 22.5 Å². The molecule has 1 rings (SSSR count). The summed E-state index contributed by atoms with van der Waals surface area (Å²) in [6.45, 7) is 10.6. The minimum atomic E-state index is -0.590. The van der Waals surface area contributed by atoms with Crippen molar-refractivity contribution in [3.63, 3.8) is 0 Å². The highest BCUT2D eigenvalue weighted by Gasteiger charge is 2.17. The molecule has 128 valence electrons. The van der Waals surface area contributed by atoms with E-state index in [-0.39, 0.29) is 29.7 Å². The van der Waals surface area contributed by atoms with Crippen LogP contribution in [0.4, 0.5) is 0 Å². The van der Waals surface area contributed by atoms with E-state index in [4.69, 9.17) is 5.73 Å². The summed E-state index contributed by atoms with van der Waals surface area (Å²) in [5.41, 5.74) is 8.11. The van der Waals surface area contributed by atoms with Gasteiger partial charge in [-0.3, -0.25) is 9.59 Å². The number of carbonyl (C=O) groups excluding carboxylic acids is 2. The largest absolute Gasteiger partial charge is 0.350 e. The van der Waals surface area contributed by atoms with Crippen LogP contribution in [-0.4, -0.2) is 24.4 Å². The Balaban J connectivity index is 2.40. The molecular weight excluding hydrogens is 290 g/mol. The van der Waals surface area contributed by atoms with E-state index in [0.717, 1.165) is 5.56 Å². The summed E-state index contributed by atoms with van der Waals surface area (Å²) >= 11 is 0. The first-order valence-corrected chi connectivity index (χ1v) is 8.00. The van der Waals surface area contributed by atoms with E-state index in [2.05, 4.69) is 43.5 Å². The third-order valence-corrected chi connectivity index (χ3v) is 3.75. The minimum absolute atomic E-state index is 0.0411. The number of benzene rings is 1. The van der Waals surface area contributed by atoms with E-state index < -0.39 is 6.04 Å². The van der Waals surface area contributed by atoms with Gasteiger partial charge < -0.3 is 16.4 Å².